The lowest BCUT2D eigenvalue weighted by Gasteiger charge is -2.37. The molecule has 7 atom stereocenters. The SMILES string of the molecule is CC(C)CN(C[C@@H](O)[C@H](Cc1ccccc1)NC(=O)OC1C2COC3OC1CC3C2)S(=O)(=O)c1ccc2nc(NC3CCN(C4CCCC4)CC3)sc2c1. The first kappa shape index (κ1) is 38.0. The summed E-state index contributed by atoms with van der Waals surface area (Å²) in [6.45, 7) is 6.57. The number of nitrogens with zero attached hydrogens (tertiary/aromatic N) is 3. The highest BCUT2D eigenvalue weighted by atomic mass is 32.2. The van der Waals surface area contributed by atoms with E-state index in [1.165, 1.54) is 41.3 Å². The van der Waals surface area contributed by atoms with E-state index in [0.29, 0.717) is 18.6 Å². The fraction of sp³-hybridized carbons (Fsp3) is 0.650. The van der Waals surface area contributed by atoms with Gasteiger partial charge >= 0.3 is 6.09 Å². The number of fused-ring (bicyclic) bond motifs is 3. The van der Waals surface area contributed by atoms with Crippen LogP contribution in [0.4, 0.5) is 9.93 Å². The molecule has 14 heteroatoms. The van der Waals surface area contributed by atoms with Gasteiger partial charge in [0.15, 0.2) is 11.4 Å². The summed E-state index contributed by atoms with van der Waals surface area (Å²) in [6.07, 6.45) is 6.69. The van der Waals surface area contributed by atoms with Crippen molar-refractivity contribution in [2.45, 2.75) is 119 Å². The summed E-state index contributed by atoms with van der Waals surface area (Å²) in [5.74, 6) is 0.382. The molecule has 0 spiro atoms. The highest BCUT2D eigenvalue weighted by Gasteiger charge is 2.53. The van der Waals surface area contributed by atoms with Crippen molar-refractivity contribution < 1.29 is 32.5 Å². The van der Waals surface area contributed by atoms with Crippen molar-refractivity contribution >= 4 is 42.8 Å². The lowest BCUT2D eigenvalue weighted by molar-refractivity contribution is -0.153. The number of nitrogens with one attached hydrogen (secondary N) is 2. The number of ether oxygens (including phenoxy) is 3. The van der Waals surface area contributed by atoms with Crippen molar-refractivity contribution in [2.75, 3.05) is 38.1 Å². The van der Waals surface area contributed by atoms with Crippen LogP contribution in [0.15, 0.2) is 53.4 Å². The molecule has 12 nitrogen and oxygen atoms in total. The van der Waals surface area contributed by atoms with E-state index >= 15 is 0 Å². The van der Waals surface area contributed by atoms with Gasteiger partial charge in [-0.1, -0.05) is 68.4 Å². The summed E-state index contributed by atoms with van der Waals surface area (Å²) in [7, 11) is -4.03. The topological polar surface area (TPSA) is 143 Å². The Morgan fingerprint density at radius 1 is 1.06 bits per heavy atom. The van der Waals surface area contributed by atoms with E-state index < -0.39 is 34.4 Å². The van der Waals surface area contributed by atoms with Crippen LogP contribution in [0.1, 0.15) is 70.8 Å². The summed E-state index contributed by atoms with van der Waals surface area (Å²) in [4.78, 5) is 21.1. The molecule has 54 heavy (non-hydrogen) atoms. The number of carbonyl (C=O) groups is 1. The van der Waals surface area contributed by atoms with E-state index in [4.69, 9.17) is 19.2 Å². The number of hydrogen-bond acceptors (Lipinski definition) is 11. The Morgan fingerprint density at radius 2 is 1.83 bits per heavy atom. The van der Waals surface area contributed by atoms with Gasteiger partial charge in [-0.05, 0) is 74.6 Å². The lowest BCUT2D eigenvalue weighted by atomic mass is 9.78. The van der Waals surface area contributed by atoms with Crippen LogP contribution in [0.3, 0.4) is 0 Å². The molecular formula is C40H55N5O7S2. The van der Waals surface area contributed by atoms with Crippen LogP contribution in [-0.2, 0) is 30.7 Å². The van der Waals surface area contributed by atoms with Gasteiger partial charge in [0.2, 0.25) is 10.0 Å². The van der Waals surface area contributed by atoms with Crippen LogP contribution in [0, 0.1) is 17.8 Å². The molecule has 294 valence electrons. The van der Waals surface area contributed by atoms with E-state index in [1.54, 1.807) is 18.2 Å². The fourth-order valence-corrected chi connectivity index (χ4v) is 12.0. The molecule has 5 fully saturated rings. The number of anilines is 1. The second-order valence-corrected chi connectivity index (χ2v) is 19.5. The van der Waals surface area contributed by atoms with Gasteiger partial charge in [0, 0.05) is 50.1 Å². The third-order valence-electron chi connectivity index (χ3n) is 12.1. The molecule has 1 aromatic heterocycles. The Balaban J connectivity index is 0.953. The number of likely N-dealkylation sites (tertiary alicyclic amines) is 1. The van der Waals surface area contributed by atoms with Crippen LogP contribution in [0.5, 0.6) is 0 Å². The van der Waals surface area contributed by atoms with Crippen molar-refractivity contribution in [3.8, 4) is 0 Å². The number of rotatable bonds is 14. The predicted octanol–water partition coefficient (Wildman–Crippen LogP) is 5.61. The molecule has 2 saturated carbocycles. The molecular weight excluding hydrogens is 727 g/mol. The van der Waals surface area contributed by atoms with E-state index in [-0.39, 0.29) is 48.6 Å². The number of aromatic nitrogens is 1. The minimum absolute atomic E-state index is 0.0144. The highest BCUT2D eigenvalue weighted by molar-refractivity contribution is 7.89. The van der Waals surface area contributed by atoms with Crippen LogP contribution >= 0.6 is 11.3 Å². The Hall–Kier alpha value is -2.85. The van der Waals surface area contributed by atoms with Crippen molar-refractivity contribution in [3.05, 3.63) is 54.1 Å². The van der Waals surface area contributed by atoms with Crippen molar-refractivity contribution in [1.29, 1.82) is 0 Å². The molecule has 3 bridgehead atoms. The minimum atomic E-state index is -4.03. The standard InChI is InChI=1S/C40H55N5O7S2/c1-25(2)22-45(54(48,49)31-12-13-32-36(21-31)53-39(42-32)41-29-14-16-44(17-15-29)30-10-6-7-11-30)23-34(46)33(18-26-8-4-3-5-9-26)43-40(47)52-37-28-19-27-20-35(37)51-38(27)50-24-28/h3-5,8-9,12-13,21,25,27-30,33-35,37-38,46H,6-7,10-11,14-20,22-24H2,1-2H3,(H,41,42)(H,43,47)/t27?,28?,33-,34+,35?,37?,38?/m0/s1. The van der Waals surface area contributed by atoms with Gasteiger partial charge in [0.25, 0.3) is 0 Å². The summed E-state index contributed by atoms with van der Waals surface area (Å²) in [6, 6.07) is 14.9. The molecule has 5 aliphatic rings. The van der Waals surface area contributed by atoms with Gasteiger partial charge in [-0.2, -0.15) is 4.31 Å². The number of carbonyl (C=O) groups excluding carboxylic acids is 1. The van der Waals surface area contributed by atoms with E-state index in [1.807, 2.05) is 44.2 Å². The summed E-state index contributed by atoms with van der Waals surface area (Å²) in [5, 5.41) is 19.1. The lowest BCUT2D eigenvalue weighted by Crippen LogP contribution is -2.53. The summed E-state index contributed by atoms with van der Waals surface area (Å²) < 4.78 is 48.7. The van der Waals surface area contributed by atoms with Gasteiger partial charge in [0.1, 0.15) is 6.10 Å². The molecule has 3 saturated heterocycles. The van der Waals surface area contributed by atoms with Gasteiger partial charge in [0.05, 0.1) is 40.0 Å². The third-order valence-corrected chi connectivity index (χ3v) is 14.9. The maximum absolute atomic E-state index is 14.4. The van der Waals surface area contributed by atoms with Crippen molar-refractivity contribution in [2.24, 2.45) is 17.8 Å². The Morgan fingerprint density at radius 3 is 2.59 bits per heavy atom. The average Bonchev–Trinajstić information content (AvgIpc) is 3.90. The van der Waals surface area contributed by atoms with Crippen LogP contribution < -0.4 is 10.6 Å². The number of hydrogen-bond donors (Lipinski definition) is 3. The summed E-state index contributed by atoms with van der Waals surface area (Å²) in [5.41, 5.74) is 1.65. The maximum atomic E-state index is 14.4. The van der Waals surface area contributed by atoms with Crippen LogP contribution in [-0.4, -0.2) is 109 Å². The number of alkyl carbamates (subject to hydrolysis) is 1. The second-order valence-electron chi connectivity index (χ2n) is 16.5. The molecule has 1 amide bonds. The maximum Gasteiger partial charge on any atom is 0.407 e. The number of piperidine rings is 1. The van der Waals surface area contributed by atoms with E-state index in [2.05, 4.69) is 15.5 Å². The van der Waals surface area contributed by atoms with Gasteiger partial charge in [-0.3, -0.25) is 0 Å². The molecule has 5 unspecified atom stereocenters. The number of thiazole rings is 1. The van der Waals surface area contributed by atoms with Crippen LogP contribution in [0.25, 0.3) is 10.2 Å². The first-order valence-corrected chi connectivity index (χ1v) is 22.2. The number of benzene rings is 2. The fourth-order valence-electron chi connectivity index (χ4n) is 9.33. The van der Waals surface area contributed by atoms with Crippen LogP contribution in [0.2, 0.25) is 0 Å². The number of aliphatic hydroxyl groups excluding tert-OH is 1. The van der Waals surface area contributed by atoms with Crippen molar-refractivity contribution in [3.63, 3.8) is 0 Å². The molecule has 3 aliphatic heterocycles. The molecule has 3 aromatic rings. The smallest absolute Gasteiger partial charge is 0.407 e. The second kappa shape index (κ2) is 16.3. The third kappa shape index (κ3) is 8.45. The Kier molecular flexibility index (Phi) is 11.5. The average molecular weight is 782 g/mol. The monoisotopic (exact) mass is 781 g/mol. The molecule has 2 aromatic carbocycles. The molecule has 3 N–H and O–H groups in total. The van der Waals surface area contributed by atoms with Gasteiger partial charge < -0.3 is 34.9 Å². The molecule has 0 radical (unpaired) electrons. The minimum Gasteiger partial charge on any atom is -0.443 e. The Bertz CT molecular complexity index is 1840. The largest absolute Gasteiger partial charge is 0.443 e. The number of amides is 1. The van der Waals surface area contributed by atoms with Gasteiger partial charge in [-0.25, -0.2) is 18.2 Å². The number of sulfonamides is 1. The first-order valence-electron chi connectivity index (χ1n) is 20.0. The normalized spacial score (nSPS) is 27.5. The van der Waals surface area contributed by atoms with E-state index in [9.17, 15) is 18.3 Å². The van der Waals surface area contributed by atoms with Gasteiger partial charge in [-0.15, -0.1) is 0 Å². The summed E-state index contributed by atoms with van der Waals surface area (Å²) >= 11 is 1.48. The molecule has 4 heterocycles. The predicted molar refractivity (Wildman–Crippen MR) is 208 cm³/mol. The quantitative estimate of drug-likeness (QED) is 0.189. The molecule has 8 rings (SSSR count). The first-order chi connectivity index (χ1) is 26.1. The number of aliphatic hydroxyl groups is 1. The van der Waals surface area contributed by atoms with Crippen molar-refractivity contribution in [1.82, 2.24) is 19.5 Å². The van der Waals surface area contributed by atoms with E-state index in [0.717, 1.165) is 65.7 Å². The molecule has 2 aliphatic carbocycles. The Labute approximate surface area is 323 Å². The zero-order valence-electron chi connectivity index (χ0n) is 31.3. The zero-order valence-corrected chi connectivity index (χ0v) is 33.0. The highest BCUT2D eigenvalue weighted by Crippen LogP contribution is 2.46. The zero-order chi connectivity index (χ0) is 37.4.